The van der Waals surface area contributed by atoms with Gasteiger partial charge in [-0.2, -0.15) is 0 Å². The molecule has 0 aromatic rings. The number of carboxylic acids is 1. The van der Waals surface area contributed by atoms with Crippen molar-refractivity contribution in [2.45, 2.75) is 33.7 Å². The number of rotatable bonds is 7. The van der Waals surface area contributed by atoms with E-state index < -0.39 is 12.0 Å². The van der Waals surface area contributed by atoms with Gasteiger partial charge in [0.15, 0.2) is 0 Å². The fraction of sp³-hybridized carbons (Fsp3) is 0.909. The van der Waals surface area contributed by atoms with Crippen LogP contribution in [0.15, 0.2) is 0 Å². The zero-order chi connectivity index (χ0) is 12.0. The molecule has 0 radical (unpaired) electrons. The molecule has 0 bridgehead atoms. The Kier molecular flexibility index (Phi) is 6.52. The standard InChI is InChI=1S/C11H24N2O2/c1-8(2)5-13(6-9(3)4)7-10(12)11(14)15/h8-10H,5-7,12H2,1-4H3,(H,14,15). The third kappa shape index (κ3) is 7.33. The first-order valence-corrected chi connectivity index (χ1v) is 5.53. The minimum Gasteiger partial charge on any atom is -0.480 e. The molecule has 0 rings (SSSR count). The molecule has 0 spiro atoms. The Morgan fingerprint density at radius 3 is 1.80 bits per heavy atom. The van der Waals surface area contributed by atoms with Crippen molar-refractivity contribution in [2.75, 3.05) is 19.6 Å². The first-order chi connectivity index (χ1) is 6.82. The van der Waals surface area contributed by atoms with Crippen LogP contribution in [0.5, 0.6) is 0 Å². The number of carboxylic acid groups (broad SMARTS) is 1. The van der Waals surface area contributed by atoms with E-state index in [1.807, 2.05) is 0 Å². The molecule has 0 aromatic carbocycles. The lowest BCUT2D eigenvalue weighted by molar-refractivity contribution is -0.139. The highest BCUT2D eigenvalue weighted by Crippen LogP contribution is 2.04. The first kappa shape index (κ1) is 14.4. The smallest absolute Gasteiger partial charge is 0.321 e. The Morgan fingerprint density at radius 2 is 1.53 bits per heavy atom. The number of nitrogens with two attached hydrogens (primary N) is 1. The third-order valence-corrected chi connectivity index (χ3v) is 2.02. The molecule has 0 aliphatic heterocycles. The molecule has 4 heteroatoms. The van der Waals surface area contributed by atoms with Crippen LogP contribution in [0.1, 0.15) is 27.7 Å². The maximum atomic E-state index is 10.7. The first-order valence-electron chi connectivity index (χ1n) is 5.53. The second-order valence-corrected chi connectivity index (χ2v) is 4.95. The van der Waals surface area contributed by atoms with Crippen molar-refractivity contribution in [1.29, 1.82) is 0 Å². The lowest BCUT2D eigenvalue weighted by Gasteiger charge is -2.27. The summed E-state index contributed by atoms with van der Waals surface area (Å²) in [6.45, 7) is 10.7. The lowest BCUT2D eigenvalue weighted by atomic mass is 10.1. The van der Waals surface area contributed by atoms with Gasteiger partial charge in [-0.05, 0) is 11.8 Å². The van der Waals surface area contributed by atoms with E-state index in [2.05, 4.69) is 32.6 Å². The van der Waals surface area contributed by atoms with Crippen molar-refractivity contribution in [3.63, 3.8) is 0 Å². The lowest BCUT2D eigenvalue weighted by Crippen LogP contribution is -2.45. The summed E-state index contributed by atoms with van der Waals surface area (Å²) >= 11 is 0. The molecule has 90 valence electrons. The average molecular weight is 216 g/mol. The summed E-state index contributed by atoms with van der Waals surface area (Å²) < 4.78 is 0. The molecule has 0 amide bonds. The molecule has 3 N–H and O–H groups in total. The van der Waals surface area contributed by atoms with Gasteiger partial charge in [0.2, 0.25) is 0 Å². The summed E-state index contributed by atoms with van der Waals surface area (Å²) in [5.41, 5.74) is 5.53. The summed E-state index contributed by atoms with van der Waals surface area (Å²) in [6.07, 6.45) is 0. The fourth-order valence-electron chi connectivity index (χ4n) is 1.61. The predicted molar refractivity (Wildman–Crippen MR) is 61.7 cm³/mol. The molecule has 0 aliphatic carbocycles. The topological polar surface area (TPSA) is 66.6 Å². The van der Waals surface area contributed by atoms with Crippen LogP contribution < -0.4 is 5.73 Å². The highest BCUT2D eigenvalue weighted by Gasteiger charge is 2.17. The maximum Gasteiger partial charge on any atom is 0.321 e. The minimum absolute atomic E-state index is 0.436. The van der Waals surface area contributed by atoms with Gasteiger partial charge >= 0.3 is 5.97 Å². The van der Waals surface area contributed by atoms with Gasteiger partial charge < -0.3 is 15.7 Å². The van der Waals surface area contributed by atoms with Crippen molar-refractivity contribution in [3.05, 3.63) is 0 Å². The molecular formula is C11H24N2O2. The van der Waals surface area contributed by atoms with Gasteiger partial charge in [0.1, 0.15) is 6.04 Å². The van der Waals surface area contributed by atoms with Crippen LogP contribution in [0.4, 0.5) is 0 Å². The SMILES string of the molecule is CC(C)CN(CC(C)C)CC(N)C(=O)O. The summed E-state index contributed by atoms with van der Waals surface area (Å²) in [5, 5.41) is 8.75. The van der Waals surface area contributed by atoms with Crippen LogP contribution in [0, 0.1) is 11.8 Å². The van der Waals surface area contributed by atoms with E-state index >= 15 is 0 Å². The number of aliphatic carboxylic acids is 1. The second-order valence-electron chi connectivity index (χ2n) is 4.95. The quantitative estimate of drug-likeness (QED) is 0.666. The minimum atomic E-state index is -0.924. The van der Waals surface area contributed by atoms with Gasteiger partial charge in [0, 0.05) is 19.6 Å². The van der Waals surface area contributed by atoms with Gasteiger partial charge in [0.25, 0.3) is 0 Å². The van der Waals surface area contributed by atoms with Crippen molar-refractivity contribution in [3.8, 4) is 0 Å². The Morgan fingerprint density at radius 1 is 1.13 bits per heavy atom. The largest absolute Gasteiger partial charge is 0.480 e. The third-order valence-electron chi connectivity index (χ3n) is 2.02. The second kappa shape index (κ2) is 6.80. The van der Waals surface area contributed by atoms with Crippen LogP contribution in [0.25, 0.3) is 0 Å². The van der Waals surface area contributed by atoms with Crippen molar-refractivity contribution in [2.24, 2.45) is 17.6 Å². The van der Waals surface area contributed by atoms with E-state index in [0.717, 1.165) is 13.1 Å². The molecule has 0 saturated heterocycles. The summed E-state index contributed by atoms with van der Waals surface area (Å²) in [5.74, 6) is 0.141. The Hall–Kier alpha value is -0.610. The van der Waals surface area contributed by atoms with E-state index in [4.69, 9.17) is 10.8 Å². The summed E-state index contributed by atoms with van der Waals surface area (Å²) in [7, 11) is 0. The van der Waals surface area contributed by atoms with Crippen LogP contribution in [-0.4, -0.2) is 41.7 Å². The Bertz CT molecular complexity index is 183. The van der Waals surface area contributed by atoms with Crippen LogP contribution >= 0.6 is 0 Å². The van der Waals surface area contributed by atoms with Gasteiger partial charge in [0.05, 0.1) is 0 Å². The molecule has 0 heterocycles. The molecular weight excluding hydrogens is 192 g/mol. The predicted octanol–water partition coefficient (Wildman–Crippen LogP) is 1.01. The van der Waals surface area contributed by atoms with E-state index in [0.29, 0.717) is 18.4 Å². The molecule has 0 fully saturated rings. The van der Waals surface area contributed by atoms with E-state index in [9.17, 15) is 4.79 Å². The van der Waals surface area contributed by atoms with E-state index in [-0.39, 0.29) is 0 Å². The Labute approximate surface area is 92.4 Å². The number of nitrogens with zero attached hydrogens (tertiary/aromatic N) is 1. The zero-order valence-electron chi connectivity index (χ0n) is 10.2. The van der Waals surface area contributed by atoms with Crippen LogP contribution in [-0.2, 0) is 4.79 Å². The van der Waals surface area contributed by atoms with Crippen molar-refractivity contribution in [1.82, 2.24) is 4.90 Å². The number of hydrogen-bond acceptors (Lipinski definition) is 3. The molecule has 1 unspecified atom stereocenters. The zero-order valence-corrected chi connectivity index (χ0v) is 10.2. The molecule has 0 aliphatic rings. The van der Waals surface area contributed by atoms with Gasteiger partial charge in [-0.25, -0.2) is 0 Å². The highest BCUT2D eigenvalue weighted by atomic mass is 16.4. The molecule has 15 heavy (non-hydrogen) atoms. The van der Waals surface area contributed by atoms with Gasteiger partial charge in [-0.3, -0.25) is 4.79 Å². The highest BCUT2D eigenvalue weighted by molar-refractivity contribution is 5.73. The van der Waals surface area contributed by atoms with Crippen molar-refractivity contribution >= 4 is 5.97 Å². The monoisotopic (exact) mass is 216 g/mol. The molecule has 1 atom stereocenters. The number of carbonyl (C=O) groups is 1. The summed E-state index contributed by atoms with van der Waals surface area (Å²) in [6, 6.07) is -0.775. The molecule has 0 aromatic heterocycles. The van der Waals surface area contributed by atoms with Gasteiger partial charge in [-0.1, -0.05) is 27.7 Å². The molecule has 4 nitrogen and oxygen atoms in total. The summed E-state index contributed by atoms with van der Waals surface area (Å²) in [4.78, 5) is 12.8. The van der Waals surface area contributed by atoms with Crippen LogP contribution in [0.2, 0.25) is 0 Å². The molecule has 0 saturated carbocycles. The van der Waals surface area contributed by atoms with Crippen LogP contribution in [0.3, 0.4) is 0 Å². The fourth-order valence-corrected chi connectivity index (χ4v) is 1.61. The van der Waals surface area contributed by atoms with Gasteiger partial charge in [-0.15, -0.1) is 0 Å². The normalized spacial score (nSPS) is 13.9. The van der Waals surface area contributed by atoms with E-state index in [1.54, 1.807) is 0 Å². The maximum absolute atomic E-state index is 10.7. The Balaban J connectivity index is 4.17. The van der Waals surface area contributed by atoms with E-state index in [1.165, 1.54) is 0 Å². The van der Waals surface area contributed by atoms with Crippen molar-refractivity contribution < 1.29 is 9.90 Å². The number of hydrogen-bond donors (Lipinski definition) is 2. The average Bonchev–Trinajstić information content (AvgIpc) is 2.00.